The van der Waals surface area contributed by atoms with Gasteiger partial charge in [-0.05, 0) is 26.0 Å². The summed E-state index contributed by atoms with van der Waals surface area (Å²) in [4.78, 5) is 0. The van der Waals surface area contributed by atoms with Crippen LogP contribution in [-0.4, -0.2) is 27.0 Å². The second-order valence-electron chi connectivity index (χ2n) is 3.75. The van der Waals surface area contributed by atoms with Gasteiger partial charge in [0.15, 0.2) is 0 Å². The van der Waals surface area contributed by atoms with Crippen LogP contribution in [0.15, 0.2) is 6.07 Å². The lowest BCUT2D eigenvalue weighted by molar-refractivity contribution is 0.762. The monoisotopic (exact) mass is 251 g/mol. The molecule has 0 amide bonds. The van der Waals surface area contributed by atoms with E-state index in [4.69, 9.17) is 0 Å². The standard InChI is InChI=1S/C11H17N5S/c1-4-8-6-9(5-2)16(15-8)11-14-13-10(17-11)7-12-3/h6,12H,4-5,7H2,1-3H3. The molecule has 0 radical (unpaired) electrons. The Bertz CT molecular complexity index is 488. The minimum absolute atomic E-state index is 0.751. The van der Waals surface area contributed by atoms with E-state index in [1.165, 1.54) is 5.69 Å². The van der Waals surface area contributed by atoms with E-state index < -0.39 is 0 Å². The molecule has 1 N–H and O–H groups in total. The van der Waals surface area contributed by atoms with Gasteiger partial charge in [0.2, 0.25) is 5.13 Å². The molecule has 0 fully saturated rings. The third-order valence-corrected chi connectivity index (χ3v) is 3.42. The van der Waals surface area contributed by atoms with Crippen molar-refractivity contribution in [2.24, 2.45) is 0 Å². The first-order valence-corrected chi connectivity index (χ1v) is 6.65. The summed E-state index contributed by atoms with van der Waals surface area (Å²) in [7, 11) is 1.90. The first kappa shape index (κ1) is 12.2. The van der Waals surface area contributed by atoms with Crippen molar-refractivity contribution < 1.29 is 0 Å². The molecule has 0 aliphatic rings. The largest absolute Gasteiger partial charge is 0.313 e. The van der Waals surface area contributed by atoms with E-state index in [1.807, 2.05) is 11.7 Å². The van der Waals surface area contributed by atoms with Crippen LogP contribution in [0.4, 0.5) is 0 Å². The zero-order chi connectivity index (χ0) is 12.3. The minimum atomic E-state index is 0.751. The van der Waals surface area contributed by atoms with Gasteiger partial charge in [-0.1, -0.05) is 25.2 Å². The van der Waals surface area contributed by atoms with Gasteiger partial charge < -0.3 is 5.32 Å². The summed E-state index contributed by atoms with van der Waals surface area (Å²) >= 11 is 1.58. The molecule has 0 atom stereocenters. The van der Waals surface area contributed by atoms with E-state index in [1.54, 1.807) is 11.3 Å². The van der Waals surface area contributed by atoms with Crippen LogP contribution in [0.1, 0.15) is 30.2 Å². The number of nitrogens with one attached hydrogen (secondary N) is 1. The van der Waals surface area contributed by atoms with Crippen molar-refractivity contribution in [3.63, 3.8) is 0 Å². The summed E-state index contributed by atoms with van der Waals surface area (Å²) in [5.74, 6) is 0. The Balaban J connectivity index is 2.33. The van der Waals surface area contributed by atoms with Crippen LogP contribution < -0.4 is 5.32 Å². The maximum Gasteiger partial charge on any atom is 0.233 e. The van der Waals surface area contributed by atoms with Gasteiger partial charge in [-0.3, -0.25) is 0 Å². The molecule has 0 bridgehead atoms. The number of hydrogen-bond donors (Lipinski definition) is 1. The van der Waals surface area contributed by atoms with Gasteiger partial charge in [-0.25, -0.2) is 4.68 Å². The van der Waals surface area contributed by atoms with Crippen molar-refractivity contribution in [1.82, 2.24) is 25.3 Å². The van der Waals surface area contributed by atoms with E-state index in [2.05, 4.69) is 40.5 Å². The summed E-state index contributed by atoms with van der Waals surface area (Å²) in [6.45, 7) is 4.99. The summed E-state index contributed by atoms with van der Waals surface area (Å²) in [5, 5.41) is 17.8. The zero-order valence-corrected chi connectivity index (χ0v) is 11.2. The Morgan fingerprint density at radius 2 is 2.12 bits per heavy atom. The molecule has 0 saturated heterocycles. The van der Waals surface area contributed by atoms with Crippen LogP contribution in [0.5, 0.6) is 0 Å². The maximum absolute atomic E-state index is 4.55. The van der Waals surface area contributed by atoms with Crippen LogP contribution in [0, 0.1) is 0 Å². The van der Waals surface area contributed by atoms with Crippen molar-refractivity contribution in [3.05, 3.63) is 22.5 Å². The Morgan fingerprint density at radius 3 is 2.76 bits per heavy atom. The van der Waals surface area contributed by atoms with Crippen molar-refractivity contribution in [1.29, 1.82) is 0 Å². The van der Waals surface area contributed by atoms with Gasteiger partial charge in [0.25, 0.3) is 0 Å². The van der Waals surface area contributed by atoms with Gasteiger partial charge in [0.05, 0.1) is 5.69 Å². The summed E-state index contributed by atoms with van der Waals surface area (Å²) in [5.41, 5.74) is 2.29. The van der Waals surface area contributed by atoms with Crippen LogP contribution in [0.2, 0.25) is 0 Å². The smallest absolute Gasteiger partial charge is 0.233 e. The third kappa shape index (κ3) is 2.53. The molecule has 0 aliphatic heterocycles. The quantitative estimate of drug-likeness (QED) is 0.876. The number of hydrogen-bond acceptors (Lipinski definition) is 5. The lowest BCUT2D eigenvalue weighted by Gasteiger charge is -1.98. The van der Waals surface area contributed by atoms with E-state index in [0.717, 1.165) is 35.2 Å². The number of aromatic nitrogens is 4. The van der Waals surface area contributed by atoms with E-state index in [9.17, 15) is 0 Å². The Kier molecular flexibility index (Phi) is 3.86. The molecule has 0 spiro atoms. The number of rotatable bonds is 5. The van der Waals surface area contributed by atoms with Gasteiger partial charge in [0, 0.05) is 12.2 Å². The molecule has 2 aromatic heterocycles. The lowest BCUT2D eigenvalue weighted by atomic mass is 10.3. The van der Waals surface area contributed by atoms with Crippen molar-refractivity contribution >= 4 is 11.3 Å². The molecule has 0 aliphatic carbocycles. The first-order valence-electron chi connectivity index (χ1n) is 5.83. The van der Waals surface area contributed by atoms with E-state index in [-0.39, 0.29) is 0 Å². The van der Waals surface area contributed by atoms with Crippen LogP contribution in [-0.2, 0) is 19.4 Å². The topological polar surface area (TPSA) is 55.6 Å². The minimum Gasteiger partial charge on any atom is -0.313 e. The van der Waals surface area contributed by atoms with Crippen LogP contribution in [0.3, 0.4) is 0 Å². The Labute approximate surface area is 105 Å². The summed E-state index contributed by atoms with van der Waals surface area (Å²) in [6, 6.07) is 2.14. The van der Waals surface area contributed by atoms with Crippen LogP contribution in [0.25, 0.3) is 5.13 Å². The van der Waals surface area contributed by atoms with E-state index >= 15 is 0 Å². The fourth-order valence-corrected chi connectivity index (χ4v) is 2.45. The molecule has 2 heterocycles. The highest BCUT2D eigenvalue weighted by molar-refractivity contribution is 7.13. The van der Waals surface area contributed by atoms with Crippen molar-refractivity contribution in [2.75, 3.05) is 7.05 Å². The number of aryl methyl sites for hydroxylation is 2. The Morgan fingerprint density at radius 1 is 1.29 bits per heavy atom. The highest BCUT2D eigenvalue weighted by Gasteiger charge is 2.11. The second kappa shape index (κ2) is 5.37. The average molecular weight is 251 g/mol. The Hall–Kier alpha value is -1.27. The maximum atomic E-state index is 4.55. The molecule has 2 rings (SSSR count). The average Bonchev–Trinajstić information content (AvgIpc) is 2.94. The molecule has 92 valence electrons. The second-order valence-corrected chi connectivity index (χ2v) is 4.80. The zero-order valence-electron chi connectivity index (χ0n) is 10.4. The summed E-state index contributed by atoms with van der Waals surface area (Å²) in [6.07, 6.45) is 1.90. The third-order valence-electron chi connectivity index (χ3n) is 2.52. The molecule has 17 heavy (non-hydrogen) atoms. The van der Waals surface area contributed by atoms with Crippen molar-refractivity contribution in [2.45, 2.75) is 33.2 Å². The highest BCUT2D eigenvalue weighted by Crippen LogP contribution is 2.18. The number of nitrogens with zero attached hydrogens (tertiary/aromatic N) is 4. The normalized spacial score (nSPS) is 11.0. The van der Waals surface area contributed by atoms with E-state index in [0.29, 0.717) is 0 Å². The fourth-order valence-electron chi connectivity index (χ4n) is 1.62. The lowest BCUT2D eigenvalue weighted by Crippen LogP contribution is -2.04. The molecular formula is C11H17N5S. The molecule has 0 aromatic carbocycles. The van der Waals surface area contributed by atoms with Gasteiger partial charge in [-0.2, -0.15) is 5.10 Å². The van der Waals surface area contributed by atoms with Crippen LogP contribution >= 0.6 is 11.3 Å². The van der Waals surface area contributed by atoms with Crippen molar-refractivity contribution in [3.8, 4) is 5.13 Å². The van der Waals surface area contributed by atoms with Gasteiger partial charge in [-0.15, -0.1) is 10.2 Å². The van der Waals surface area contributed by atoms with Gasteiger partial charge in [0.1, 0.15) is 5.01 Å². The fraction of sp³-hybridized carbons (Fsp3) is 0.545. The SMILES string of the molecule is CCc1cc(CC)n(-c2nnc(CNC)s2)n1. The molecule has 0 unspecified atom stereocenters. The molecule has 2 aromatic rings. The molecule has 6 heteroatoms. The summed E-state index contributed by atoms with van der Waals surface area (Å²) < 4.78 is 1.91. The molecule has 5 nitrogen and oxygen atoms in total. The van der Waals surface area contributed by atoms with Gasteiger partial charge >= 0.3 is 0 Å². The molecular weight excluding hydrogens is 234 g/mol. The highest BCUT2D eigenvalue weighted by atomic mass is 32.1. The first-order chi connectivity index (χ1) is 8.28. The molecule has 0 saturated carbocycles. The predicted molar refractivity (Wildman–Crippen MR) is 68.6 cm³/mol. The predicted octanol–water partition coefficient (Wildman–Crippen LogP) is 1.57.